The summed E-state index contributed by atoms with van der Waals surface area (Å²) in [6.07, 6.45) is 2.00. The van der Waals surface area contributed by atoms with Crippen LogP contribution in [0.1, 0.15) is 23.7 Å². The fraction of sp³-hybridized carbons (Fsp3) is 0.235. The van der Waals surface area contributed by atoms with Crippen molar-refractivity contribution in [3.05, 3.63) is 56.2 Å². The number of carbonyl (C=O) groups excluding carboxylic acids is 2. The molecule has 0 aliphatic heterocycles. The zero-order chi connectivity index (χ0) is 19.3. The molecule has 9 heteroatoms. The van der Waals surface area contributed by atoms with Crippen molar-refractivity contribution in [1.82, 2.24) is 9.88 Å². The van der Waals surface area contributed by atoms with Crippen LogP contribution in [-0.4, -0.2) is 34.8 Å². The minimum Gasteiger partial charge on any atom is -0.329 e. The van der Waals surface area contributed by atoms with E-state index in [4.69, 9.17) is 46.4 Å². The highest BCUT2D eigenvalue weighted by Gasteiger charge is 2.20. The number of carbonyl (C=O) groups is 2. The molecule has 0 atom stereocenters. The molecule has 2 rings (SSSR count). The second-order valence-electron chi connectivity index (χ2n) is 5.40. The molecule has 1 aromatic heterocycles. The first-order valence-electron chi connectivity index (χ1n) is 7.67. The molecule has 0 aliphatic carbocycles. The number of nitrogens with one attached hydrogen (secondary N) is 1. The second kappa shape index (κ2) is 9.42. The number of nitrogens with zero attached hydrogens (tertiary/aromatic N) is 2. The molecule has 2 aromatic rings. The Labute approximate surface area is 171 Å². The average molecular weight is 435 g/mol. The van der Waals surface area contributed by atoms with Gasteiger partial charge in [0.25, 0.3) is 5.91 Å². The van der Waals surface area contributed by atoms with Crippen LogP contribution in [0.25, 0.3) is 0 Å². The van der Waals surface area contributed by atoms with Crippen LogP contribution in [0.5, 0.6) is 0 Å². The van der Waals surface area contributed by atoms with Crippen molar-refractivity contribution in [3.63, 3.8) is 0 Å². The molecular weight excluding hydrogens is 420 g/mol. The lowest BCUT2D eigenvalue weighted by Crippen LogP contribution is -2.38. The minimum atomic E-state index is -0.399. The Bertz CT molecular complexity index is 830. The first kappa shape index (κ1) is 20.8. The number of hydrogen-bond donors (Lipinski definition) is 1. The molecule has 1 heterocycles. The molecule has 0 unspecified atom stereocenters. The van der Waals surface area contributed by atoms with Crippen LogP contribution in [0, 0.1) is 0 Å². The highest BCUT2D eigenvalue weighted by atomic mass is 35.5. The van der Waals surface area contributed by atoms with Crippen molar-refractivity contribution >= 4 is 63.9 Å². The Morgan fingerprint density at radius 1 is 1.12 bits per heavy atom. The molecule has 138 valence electrons. The van der Waals surface area contributed by atoms with Crippen LogP contribution in [0.15, 0.2) is 30.5 Å². The minimum absolute atomic E-state index is 0.110. The van der Waals surface area contributed by atoms with Gasteiger partial charge in [-0.3, -0.25) is 9.59 Å². The summed E-state index contributed by atoms with van der Waals surface area (Å²) in [4.78, 5) is 30.3. The van der Waals surface area contributed by atoms with E-state index >= 15 is 0 Å². The van der Waals surface area contributed by atoms with Gasteiger partial charge in [-0.15, -0.1) is 0 Å². The van der Waals surface area contributed by atoms with E-state index in [9.17, 15) is 9.59 Å². The first-order chi connectivity index (χ1) is 12.3. The van der Waals surface area contributed by atoms with E-state index in [-0.39, 0.29) is 28.2 Å². The quantitative estimate of drug-likeness (QED) is 0.636. The van der Waals surface area contributed by atoms with Crippen molar-refractivity contribution in [1.29, 1.82) is 0 Å². The molecule has 0 saturated carbocycles. The molecule has 26 heavy (non-hydrogen) atoms. The molecule has 0 bridgehead atoms. The molecule has 1 N–H and O–H groups in total. The molecular formula is C17H15Cl4N3O2. The van der Waals surface area contributed by atoms with Gasteiger partial charge in [-0.25, -0.2) is 4.98 Å². The van der Waals surface area contributed by atoms with Gasteiger partial charge in [0.1, 0.15) is 11.7 Å². The lowest BCUT2D eigenvalue weighted by Gasteiger charge is -2.22. The molecule has 2 amide bonds. The number of halogens is 4. The summed E-state index contributed by atoms with van der Waals surface area (Å²) in [5, 5.41) is 3.72. The van der Waals surface area contributed by atoms with Gasteiger partial charge in [-0.1, -0.05) is 53.3 Å². The first-order valence-corrected chi connectivity index (χ1v) is 9.18. The van der Waals surface area contributed by atoms with Crippen LogP contribution in [0.3, 0.4) is 0 Å². The predicted octanol–water partition coefficient (Wildman–Crippen LogP) is 5.19. The zero-order valence-corrected chi connectivity index (χ0v) is 16.8. The van der Waals surface area contributed by atoms with Crippen LogP contribution in [0.4, 0.5) is 5.69 Å². The summed E-state index contributed by atoms with van der Waals surface area (Å²) >= 11 is 23.6. The number of anilines is 1. The Hall–Kier alpha value is -1.53. The molecule has 0 saturated heterocycles. The smallest absolute Gasteiger partial charge is 0.255 e. The molecule has 0 radical (unpaired) electrons. The van der Waals surface area contributed by atoms with E-state index in [1.54, 1.807) is 12.1 Å². The SMILES string of the molecule is CCCN(CC(=O)Nc1cc(Cl)ccc1Cl)C(=O)c1cnc(Cl)c(Cl)c1. The molecule has 0 fully saturated rings. The predicted molar refractivity (Wildman–Crippen MR) is 106 cm³/mol. The van der Waals surface area contributed by atoms with Gasteiger partial charge < -0.3 is 10.2 Å². The number of aromatic nitrogens is 1. The van der Waals surface area contributed by atoms with Crippen LogP contribution < -0.4 is 5.32 Å². The van der Waals surface area contributed by atoms with E-state index in [1.807, 2.05) is 6.92 Å². The summed E-state index contributed by atoms with van der Waals surface area (Å²) in [6, 6.07) is 6.16. The maximum atomic E-state index is 12.7. The Morgan fingerprint density at radius 3 is 2.50 bits per heavy atom. The Kier molecular flexibility index (Phi) is 7.53. The third-order valence-corrected chi connectivity index (χ3v) is 4.61. The van der Waals surface area contributed by atoms with Gasteiger partial charge in [0.2, 0.25) is 5.91 Å². The maximum Gasteiger partial charge on any atom is 0.255 e. The van der Waals surface area contributed by atoms with E-state index in [1.165, 1.54) is 23.2 Å². The summed E-state index contributed by atoms with van der Waals surface area (Å²) < 4.78 is 0. The van der Waals surface area contributed by atoms with Crippen molar-refractivity contribution in [2.45, 2.75) is 13.3 Å². The number of pyridine rings is 1. The standard InChI is InChI=1S/C17H15Cl4N3O2/c1-2-5-24(17(26)10-6-13(20)16(21)22-8-10)9-15(25)23-14-7-11(18)3-4-12(14)19/h3-4,6-8H,2,5,9H2,1H3,(H,23,25). The van der Waals surface area contributed by atoms with E-state index in [0.29, 0.717) is 28.7 Å². The summed E-state index contributed by atoms with van der Waals surface area (Å²) in [5.41, 5.74) is 0.630. The normalized spacial score (nSPS) is 10.5. The monoisotopic (exact) mass is 433 g/mol. The van der Waals surface area contributed by atoms with Crippen LogP contribution in [0.2, 0.25) is 20.2 Å². The van der Waals surface area contributed by atoms with Crippen LogP contribution >= 0.6 is 46.4 Å². The van der Waals surface area contributed by atoms with Gasteiger partial charge in [-0.2, -0.15) is 0 Å². The zero-order valence-electron chi connectivity index (χ0n) is 13.7. The maximum absolute atomic E-state index is 12.7. The van der Waals surface area contributed by atoms with Crippen molar-refractivity contribution in [2.75, 3.05) is 18.4 Å². The van der Waals surface area contributed by atoms with E-state index < -0.39 is 5.91 Å². The lowest BCUT2D eigenvalue weighted by atomic mass is 10.2. The highest BCUT2D eigenvalue weighted by Crippen LogP contribution is 2.25. The third kappa shape index (κ3) is 5.48. The lowest BCUT2D eigenvalue weighted by molar-refractivity contribution is -0.116. The Balaban J connectivity index is 2.13. The average Bonchev–Trinajstić information content (AvgIpc) is 2.59. The largest absolute Gasteiger partial charge is 0.329 e. The topological polar surface area (TPSA) is 62.3 Å². The highest BCUT2D eigenvalue weighted by molar-refractivity contribution is 6.41. The second-order valence-corrected chi connectivity index (χ2v) is 7.00. The number of amides is 2. The summed E-state index contributed by atoms with van der Waals surface area (Å²) in [7, 11) is 0. The number of benzene rings is 1. The fourth-order valence-electron chi connectivity index (χ4n) is 2.20. The molecule has 1 aromatic carbocycles. The van der Waals surface area contributed by atoms with Gasteiger partial charge in [-0.05, 0) is 30.7 Å². The van der Waals surface area contributed by atoms with Gasteiger partial charge in [0.05, 0.1) is 21.3 Å². The van der Waals surface area contributed by atoms with Gasteiger partial charge in [0, 0.05) is 17.8 Å². The van der Waals surface area contributed by atoms with Crippen molar-refractivity contribution in [3.8, 4) is 0 Å². The number of hydrogen-bond acceptors (Lipinski definition) is 3. The molecule has 5 nitrogen and oxygen atoms in total. The fourth-order valence-corrected chi connectivity index (χ4v) is 2.81. The number of rotatable bonds is 6. The molecule has 0 aliphatic rings. The van der Waals surface area contributed by atoms with Crippen molar-refractivity contribution < 1.29 is 9.59 Å². The summed E-state index contributed by atoms with van der Waals surface area (Å²) in [5.74, 6) is -0.769. The Morgan fingerprint density at radius 2 is 1.85 bits per heavy atom. The van der Waals surface area contributed by atoms with E-state index in [2.05, 4.69) is 10.3 Å². The van der Waals surface area contributed by atoms with Gasteiger partial charge in [0.15, 0.2) is 0 Å². The van der Waals surface area contributed by atoms with Crippen molar-refractivity contribution in [2.24, 2.45) is 0 Å². The van der Waals surface area contributed by atoms with Crippen LogP contribution in [-0.2, 0) is 4.79 Å². The van der Waals surface area contributed by atoms with Gasteiger partial charge >= 0.3 is 0 Å². The summed E-state index contributed by atoms with van der Waals surface area (Å²) in [6.45, 7) is 2.13. The third-order valence-electron chi connectivity index (χ3n) is 3.36. The molecule has 0 spiro atoms. The van der Waals surface area contributed by atoms with E-state index in [0.717, 1.165) is 0 Å².